The number of allylic oxidation sites excluding steroid dienone is 1. The maximum Gasteiger partial charge on any atom is 0.125 e. The number of nitrogens with zero attached hydrogens (tertiary/aromatic N) is 1. The lowest BCUT2D eigenvalue weighted by Crippen LogP contribution is -2.05. The molecule has 168 valence electrons. The average molecular weight is 426 g/mol. The number of aryl methyl sites for hydroxylation is 2. The van der Waals surface area contributed by atoms with Gasteiger partial charge >= 0.3 is 0 Å². The molecule has 0 N–H and O–H groups in total. The third kappa shape index (κ3) is 8.75. The summed E-state index contributed by atoms with van der Waals surface area (Å²) in [5.74, 6) is 2.70. The van der Waals surface area contributed by atoms with Crippen LogP contribution in [0.25, 0.3) is 0 Å². The number of rotatable bonds is 13. The van der Waals surface area contributed by atoms with E-state index in [1.54, 1.807) is 7.11 Å². The van der Waals surface area contributed by atoms with Crippen LogP contribution in [0.3, 0.4) is 0 Å². The Balaban J connectivity index is 1.73. The summed E-state index contributed by atoms with van der Waals surface area (Å²) in [5, 5.41) is 3.96. The Bertz CT molecular complexity index is 850. The summed E-state index contributed by atoms with van der Waals surface area (Å²) in [4.78, 5) is 4.82. The van der Waals surface area contributed by atoms with Crippen LogP contribution >= 0.6 is 0 Å². The van der Waals surface area contributed by atoms with Gasteiger partial charge in [-0.1, -0.05) is 29.4 Å². The quantitative estimate of drug-likeness (QED) is 0.169. The van der Waals surface area contributed by atoms with Crippen LogP contribution in [0.1, 0.15) is 43.4 Å². The Hall–Kier alpha value is -2.95. The number of hydrogen-bond donors (Lipinski definition) is 0. The smallest absolute Gasteiger partial charge is 0.125 e. The molecule has 0 aromatic heterocycles. The Kier molecular flexibility index (Phi) is 10.5. The van der Waals surface area contributed by atoms with Crippen LogP contribution in [0.4, 0.5) is 0 Å². The van der Waals surface area contributed by atoms with Crippen molar-refractivity contribution in [3.05, 3.63) is 65.2 Å². The molecule has 0 aliphatic carbocycles. The van der Waals surface area contributed by atoms with E-state index in [2.05, 4.69) is 31.1 Å². The average Bonchev–Trinajstić information content (AvgIpc) is 2.73. The zero-order valence-electron chi connectivity index (χ0n) is 19.4. The highest BCUT2D eigenvalue weighted by atomic mass is 16.6. The third-order valence-corrected chi connectivity index (χ3v) is 4.68. The van der Waals surface area contributed by atoms with Gasteiger partial charge in [-0.05, 0) is 81.5 Å². The van der Waals surface area contributed by atoms with Crippen molar-refractivity contribution in [1.29, 1.82) is 0 Å². The number of hydrogen-bond acceptors (Lipinski definition) is 5. The van der Waals surface area contributed by atoms with Crippen molar-refractivity contribution in [3.8, 4) is 17.2 Å². The largest absolute Gasteiger partial charge is 0.494 e. The minimum atomic E-state index is 0.582. The van der Waals surface area contributed by atoms with Crippen LogP contribution < -0.4 is 14.2 Å². The van der Waals surface area contributed by atoms with Crippen molar-refractivity contribution >= 4 is 5.71 Å². The van der Waals surface area contributed by atoms with Gasteiger partial charge in [0.25, 0.3) is 0 Å². The second-order valence-corrected chi connectivity index (χ2v) is 7.50. The van der Waals surface area contributed by atoms with Crippen LogP contribution in [-0.4, -0.2) is 32.6 Å². The first-order valence-electron chi connectivity index (χ1n) is 10.8. The Morgan fingerprint density at radius 3 is 2.32 bits per heavy atom. The van der Waals surface area contributed by atoms with Gasteiger partial charge in [-0.25, -0.2) is 0 Å². The zero-order valence-corrected chi connectivity index (χ0v) is 19.4. The molecule has 2 rings (SSSR count). The van der Waals surface area contributed by atoms with Gasteiger partial charge in [-0.15, -0.1) is 0 Å². The molecule has 0 spiro atoms. The van der Waals surface area contributed by atoms with Gasteiger partial charge in [0, 0.05) is 6.42 Å². The molecule has 0 fully saturated rings. The van der Waals surface area contributed by atoms with Crippen molar-refractivity contribution in [2.45, 2.75) is 47.0 Å². The zero-order chi connectivity index (χ0) is 22.5. The lowest BCUT2D eigenvalue weighted by atomic mass is 10.1. The van der Waals surface area contributed by atoms with Gasteiger partial charge in [0.15, 0.2) is 0 Å². The predicted molar refractivity (Wildman–Crippen MR) is 127 cm³/mol. The lowest BCUT2D eigenvalue weighted by molar-refractivity contribution is 0.212. The van der Waals surface area contributed by atoms with E-state index in [1.807, 2.05) is 50.3 Å². The van der Waals surface area contributed by atoms with E-state index in [-0.39, 0.29) is 0 Å². The van der Waals surface area contributed by atoms with Gasteiger partial charge in [0.05, 0.1) is 18.9 Å². The van der Waals surface area contributed by atoms with E-state index in [0.29, 0.717) is 19.8 Å². The van der Waals surface area contributed by atoms with E-state index in [0.717, 1.165) is 58.9 Å². The molecule has 2 aromatic carbocycles. The van der Waals surface area contributed by atoms with Gasteiger partial charge in [0.2, 0.25) is 0 Å². The normalized spacial score (nSPS) is 11.6. The maximum absolute atomic E-state index is 6.04. The standard InChI is InChI=1S/C26H35NO4/c1-6-7-13-30-25-16-20(2)26(21(3)17-25)31-15-9-8-14-29-24-12-10-11-23(19-24)18-22(4)27-28-5/h6-7,10-12,16-17,19H,8-9,13-15,18H2,1-5H3/b7-6+,27-22+. The summed E-state index contributed by atoms with van der Waals surface area (Å²) in [6.45, 7) is 9.95. The molecule has 5 nitrogen and oxygen atoms in total. The first-order valence-corrected chi connectivity index (χ1v) is 10.8. The molecule has 0 atom stereocenters. The molecular weight excluding hydrogens is 390 g/mol. The summed E-state index contributed by atoms with van der Waals surface area (Å²) in [6.07, 6.45) is 6.58. The van der Waals surface area contributed by atoms with Gasteiger partial charge in [-0.2, -0.15) is 0 Å². The monoisotopic (exact) mass is 425 g/mol. The van der Waals surface area contributed by atoms with Crippen molar-refractivity contribution in [3.63, 3.8) is 0 Å². The molecule has 0 heterocycles. The molecule has 0 aliphatic rings. The minimum absolute atomic E-state index is 0.582. The van der Waals surface area contributed by atoms with E-state index in [4.69, 9.17) is 19.0 Å². The molecule has 0 aliphatic heterocycles. The first kappa shape index (κ1) is 24.3. The number of benzene rings is 2. The molecule has 0 saturated heterocycles. The highest BCUT2D eigenvalue weighted by Gasteiger charge is 2.07. The topological polar surface area (TPSA) is 49.3 Å². The minimum Gasteiger partial charge on any atom is -0.494 e. The van der Waals surface area contributed by atoms with Crippen LogP contribution in [-0.2, 0) is 11.3 Å². The van der Waals surface area contributed by atoms with Gasteiger partial charge < -0.3 is 19.0 Å². The molecular formula is C26H35NO4. The Labute approximate surface area is 186 Å². The molecule has 0 amide bonds. The summed E-state index contributed by atoms with van der Waals surface area (Å²) in [7, 11) is 1.56. The van der Waals surface area contributed by atoms with Crippen molar-refractivity contribution < 1.29 is 19.0 Å². The number of oxime groups is 1. The predicted octanol–water partition coefficient (Wildman–Crippen LogP) is 6.06. The molecule has 31 heavy (non-hydrogen) atoms. The van der Waals surface area contributed by atoms with Crippen LogP contribution in [0.15, 0.2) is 53.7 Å². The lowest BCUT2D eigenvalue weighted by Gasteiger charge is -2.14. The molecule has 0 unspecified atom stereocenters. The molecule has 5 heteroatoms. The fraction of sp³-hybridized carbons (Fsp3) is 0.423. The van der Waals surface area contributed by atoms with E-state index in [1.165, 1.54) is 0 Å². The van der Waals surface area contributed by atoms with Gasteiger partial charge in [0.1, 0.15) is 31.0 Å². The summed E-state index contributed by atoms with van der Waals surface area (Å²) >= 11 is 0. The molecule has 0 bridgehead atoms. The molecule has 0 saturated carbocycles. The molecule has 2 aromatic rings. The highest BCUT2D eigenvalue weighted by Crippen LogP contribution is 2.28. The highest BCUT2D eigenvalue weighted by molar-refractivity contribution is 5.83. The van der Waals surface area contributed by atoms with Gasteiger partial charge in [-0.3, -0.25) is 0 Å². The second kappa shape index (κ2) is 13.4. The van der Waals surface area contributed by atoms with Crippen LogP contribution in [0.5, 0.6) is 17.2 Å². The third-order valence-electron chi connectivity index (χ3n) is 4.68. The number of unbranched alkanes of at least 4 members (excludes halogenated alkanes) is 1. The van der Waals surface area contributed by atoms with Crippen molar-refractivity contribution in [2.24, 2.45) is 5.16 Å². The van der Waals surface area contributed by atoms with E-state index < -0.39 is 0 Å². The summed E-state index contributed by atoms with van der Waals surface area (Å²) < 4.78 is 17.7. The first-order chi connectivity index (χ1) is 15.0. The fourth-order valence-corrected chi connectivity index (χ4v) is 3.26. The van der Waals surface area contributed by atoms with Crippen molar-refractivity contribution in [1.82, 2.24) is 0 Å². The SMILES string of the molecule is C/C=C/COc1cc(C)c(OCCCCOc2cccc(C/C(C)=N/OC)c2)c(C)c1. The van der Waals surface area contributed by atoms with E-state index >= 15 is 0 Å². The summed E-state index contributed by atoms with van der Waals surface area (Å²) in [6, 6.07) is 12.2. The molecule has 0 radical (unpaired) electrons. The van der Waals surface area contributed by atoms with E-state index in [9.17, 15) is 0 Å². The second-order valence-electron chi connectivity index (χ2n) is 7.50. The maximum atomic E-state index is 6.04. The Morgan fingerprint density at radius 1 is 0.935 bits per heavy atom. The summed E-state index contributed by atoms with van der Waals surface area (Å²) in [5.41, 5.74) is 4.27. The van der Waals surface area contributed by atoms with Crippen LogP contribution in [0.2, 0.25) is 0 Å². The number of ether oxygens (including phenoxy) is 3. The Morgan fingerprint density at radius 2 is 1.65 bits per heavy atom. The van der Waals surface area contributed by atoms with Crippen molar-refractivity contribution in [2.75, 3.05) is 26.9 Å². The fourth-order valence-electron chi connectivity index (χ4n) is 3.26. The van der Waals surface area contributed by atoms with Crippen LogP contribution in [0, 0.1) is 13.8 Å².